The molecule has 104 valence electrons. The summed E-state index contributed by atoms with van der Waals surface area (Å²) in [4.78, 5) is 8.63. The quantitative estimate of drug-likeness (QED) is 0.779. The predicted molar refractivity (Wildman–Crippen MR) is 80.1 cm³/mol. The molecule has 0 aliphatic carbocycles. The van der Waals surface area contributed by atoms with E-state index in [2.05, 4.69) is 28.3 Å². The minimum Gasteiger partial charge on any atom is -0.454 e. The molecule has 3 aromatic rings. The van der Waals surface area contributed by atoms with Gasteiger partial charge >= 0.3 is 0 Å². The highest BCUT2D eigenvalue weighted by Gasteiger charge is 2.13. The van der Waals surface area contributed by atoms with E-state index in [1.165, 1.54) is 5.56 Å². The summed E-state index contributed by atoms with van der Waals surface area (Å²) in [5.41, 5.74) is 2.99. The molecule has 1 aromatic heterocycles. The summed E-state index contributed by atoms with van der Waals surface area (Å²) in [6.45, 7) is 2.32. The van der Waals surface area contributed by atoms with Crippen molar-refractivity contribution in [2.45, 2.75) is 6.92 Å². The molecule has 2 heterocycles. The number of aromatic nitrogens is 2. The Bertz CT molecular complexity index is 833. The van der Waals surface area contributed by atoms with Crippen molar-refractivity contribution in [3.8, 4) is 11.5 Å². The summed E-state index contributed by atoms with van der Waals surface area (Å²) in [5, 5.41) is 4.31. The van der Waals surface area contributed by atoms with Gasteiger partial charge in [-0.25, -0.2) is 9.97 Å². The van der Waals surface area contributed by atoms with E-state index in [9.17, 15) is 0 Å². The monoisotopic (exact) mass is 279 g/mol. The van der Waals surface area contributed by atoms with Crippen molar-refractivity contribution in [2.24, 2.45) is 0 Å². The molecule has 21 heavy (non-hydrogen) atoms. The Balaban J connectivity index is 1.75. The molecular formula is C16H13N3O2. The lowest BCUT2D eigenvalue weighted by atomic mass is 10.1. The van der Waals surface area contributed by atoms with E-state index in [1.807, 2.05) is 30.3 Å². The van der Waals surface area contributed by atoms with Crippen LogP contribution in [0.4, 0.5) is 11.5 Å². The molecule has 0 atom stereocenters. The van der Waals surface area contributed by atoms with E-state index in [0.717, 1.165) is 33.9 Å². The van der Waals surface area contributed by atoms with Gasteiger partial charge in [0.1, 0.15) is 12.1 Å². The summed E-state index contributed by atoms with van der Waals surface area (Å²) in [5.74, 6) is 2.29. The van der Waals surface area contributed by atoms with Gasteiger partial charge in [-0.2, -0.15) is 0 Å². The second-order valence-electron chi connectivity index (χ2n) is 4.94. The number of anilines is 2. The molecule has 0 unspecified atom stereocenters. The molecule has 0 fully saturated rings. The molecule has 4 rings (SSSR count). The summed E-state index contributed by atoms with van der Waals surface area (Å²) < 4.78 is 10.7. The molecule has 0 saturated heterocycles. The smallest absolute Gasteiger partial charge is 0.231 e. The van der Waals surface area contributed by atoms with Gasteiger partial charge in [-0.3, -0.25) is 0 Å². The maximum Gasteiger partial charge on any atom is 0.231 e. The van der Waals surface area contributed by atoms with E-state index in [1.54, 1.807) is 6.33 Å². The topological polar surface area (TPSA) is 56.3 Å². The van der Waals surface area contributed by atoms with Crippen molar-refractivity contribution in [2.75, 3.05) is 12.1 Å². The van der Waals surface area contributed by atoms with E-state index >= 15 is 0 Å². The fraction of sp³-hybridized carbons (Fsp3) is 0.125. The minimum atomic E-state index is 0.272. The molecule has 0 saturated carbocycles. The Labute approximate surface area is 121 Å². The fourth-order valence-corrected chi connectivity index (χ4v) is 2.38. The molecule has 0 spiro atoms. The lowest BCUT2D eigenvalue weighted by molar-refractivity contribution is 0.174. The van der Waals surface area contributed by atoms with Crippen LogP contribution in [0, 0.1) is 6.92 Å². The van der Waals surface area contributed by atoms with Gasteiger partial charge in [0.15, 0.2) is 11.5 Å². The molecular weight excluding hydrogens is 266 g/mol. The summed E-state index contributed by atoms with van der Waals surface area (Å²) in [7, 11) is 0. The van der Waals surface area contributed by atoms with Gasteiger partial charge < -0.3 is 14.8 Å². The standard InChI is InChI=1S/C16H13N3O2/c1-10-2-4-13-12(6-10)16(18-8-17-13)19-11-3-5-14-15(7-11)21-9-20-14/h2-8H,9H2,1H3,(H,17,18,19). The molecule has 1 aliphatic heterocycles. The largest absolute Gasteiger partial charge is 0.454 e. The number of hydrogen-bond donors (Lipinski definition) is 1. The minimum absolute atomic E-state index is 0.272. The van der Waals surface area contributed by atoms with Crippen molar-refractivity contribution in [1.82, 2.24) is 9.97 Å². The Hall–Kier alpha value is -2.82. The summed E-state index contributed by atoms with van der Waals surface area (Å²) in [6.07, 6.45) is 1.56. The average molecular weight is 279 g/mol. The van der Waals surface area contributed by atoms with E-state index in [4.69, 9.17) is 9.47 Å². The van der Waals surface area contributed by atoms with Crippen molar-refractivity contribution < 1.29 is 9.47 Å². The van der Waals surface area contributed by atoms with Crippen LogP contribution in [0.15, 0.2) is 42.7 Å². The first-order chi connectivity index (χ1) is 10.3. The van der Waals surface area contributed by atoms with E-state index in [0.29, 0.717) is 0 Å². The van der Waals surface area contributed by atoms with Crippen molar-refractivity contribution >= 4 is 22.4 Å². The first kappa shape index (κ1) is 12.0. The van der Waals surface area contributed by atoms with E-state index in [-0.39, 0.29) is 6.79 Å². The highest BCUT2D eigenvalue weighted by Crippen LogP contribution is 2.35. The first-order valence-electron chi connectivity index (χ1n) is 6.68. The zero-order valence-electron chi connectivity index (χ0n) is 11.5. The van der Waals surface area contributed by atoms with Crippen LogP contribution in [-0.2, 0) is 0 Å². The maximum absolute atomic E-state index is 5.39. The van der Waals surface area contributed by atoms with Crippen molar-refractivity contribution in [3.63, 3.8) is 0 Å². The molecule has 1 aliphatic rings. The number of aryl methyl sites for hydroxylation is 1. The third-order valence-electron chi connectivity index (χ3n) is 3.43. The zero-order chi connectivity index (χ0) is 14.2. The fourth-order valence-electron chi connectivity index (χ4n) is 2.38. The number of ether oxygens (including phenoxy) is 2. The van der Waals surface area contributed by atoms with Crippen LogP contribution >= 0.6 is 0 Å². The third kappa shape index (κ3) is 2.12. The van der Waals surface area contributed by atoms with Crippen molar-refractivity contribution in [1.29, 1.82) is 0 Å². The van der Waals surface area contributed by atoms with Gasteiger partial charge in [0.2, 0.25) is 6.79 Å². The Kier molecular flexibility index (Phi) is 2.64. The van der Waals surface area contributed by atoms with Crippen LogP contribution in [-0.4, -0.2) is 16.8 Å². The van der Waals surface area contributed by atoms with E-state index < -0.39 is 0 Å². The van der Waals surface area contributed by atoms with Gasteiger partial charge in [0, 0.05) is 17.1 Å². The predicted octanol–water partition coefficient (Wildman–Crippen LogP) is 3.41. The van der Waals surface area contributed by atoms with Crippen LogP contribution in [0.1, 0.15) is 5.56 Å². The molecule has 5 nitrogen and oxygen atoms in total. The molecule has 0 radical (unpaired) electrons. The molecule has 5 heteroatoms. The second kappa shape index (κ2) is 4.63. The maximum atomic E-state index is 5.39. The van der Waals surface area contributed by atoms with Crippen LogP contribution in [0.5, 0.6) is 11.5 Å². The zero-order valence-corrected chi connectivity index (χ0v) is 11.5. The molecule has 0 amide bonds. The highest BCUT2D eigenvalue weighted by molar-refractivity contribution is 5.91. The van der Waals surface area contributed by atoms with Gasteiger partial charge in [0.25, 0.3) is 0 Å². The highest BCUT2D eigenvalue weighted by atomic mass is 16.7. The van der Waals surface area contributed by atoms with Crippen LogP contribution in [0.2, 0.25) is 0 Å². The van der Waals surface area contributed by atoms with Gasteiger partial charge in [-0.1, -0.05) is 11.6 Å². The van der Waals surface area contributed by atoms with Crippen molar-refractivity contribution in [3.05, 3.63) is 48.3 Å². The summed E-state index contributed by atoms with van der Waals surface area (Å²) in [6, 6.07) is 11.9. The van der Waals surface area contributed by atoms with Gasteiger partial charge in [0.05, 0.1) is 5.52 Å². The normalized spacial score (nSPS) is 12.6. The Morgan fingerprint density at radius 2 is 1.90 bits per heavy atom. The third-order valence-corrected chi connectivity index (χ3v) is 3.43. The SMILES string of the molecule is Cc1ccc2ncnc(Nc3ccc4c(c3)OCO4)c2c1. The lowest BCUT2D eigenvalue weighted by Gasteiger charge is -2.09. The van der Waals surface area contributed by atoms with Crippen LogP contribution < -0.4 is 14.8 Å². The number of hydrogen-bond acceptors (Lipinski definition) is 5. The summed E-state index contributed by atoms with van der Waals surface area (Å²) >= 11 is 0. The molecule has 1 N–H and O–H groups in total. The average Bonchev–Trinajstić information content (AvgIpc) is 2.95. The lowest BCUT2D eigenvalue weighted by Crippen LogP contribution is -1.96. The number of nitrogens with zero attached hydrogens (tertiary/aromatic N) is 2. The molecule has 0 bridgehead atoms. The second-order valence-corrected chi connectivity index (χ2v) is 4.94. The number of fused-ring (bicyclic) bond motifs is 2. The number of rotatable bonds is 2. The first-order valence-corrected chi connectivity index (χ1v) is 6.68. The van der Waals surface area contributed by atoms with Crippen LogP contribution in [0.3, 0.4) is 0 Å². The Morgan fingerprint density at radius 1 is 1.00 bits per heavy atom. The van der Waals surface area contributed by atoms with Gasteiger partial charge in [-0.05, 0) is 31.2 Å². The number of nitrogens with one attached hydrogen (secondary N) is 1. The molecule has 2 aromatic carbocycles. The number of benzene rings is 2. The van der Waals surface area contributed by atoms with Crippen LogP contribution in [0.25, 0.3) is 10.9 Å². The Morgan fingerprint density at radius 3 is 2.86 bits per heavy atom. The van der Waals surface area contributed by atoms with Gasteiger partial charge in [-0.15, -0.1) is 0 Å².